The van der Waals surface area contributed by atoms with E-state index < -0.39 is 0 Å². The van der Waals surface area contributed by atoms with E-state index in [-0.39, 0.29) is 0 Å². The summed E-state index contributed by atoms with van der Waals surface area (Å²) in [4.78, 5) is 2.80. The van der Waals surface area contributed by atoms with E-state index in [1.807, 2.05) is 18.3 Å². The topological polar surface area (TPSA) is 62.4 Å². The van der Waals surface area contributed by atoms with Crippen LogP contribution < -0.4 is 14.8 Å². The van der Waals surface area contributed by atoms with Crippen LogP contribution in [0, 0.1) is 0 Å². The highest BCUT2D eigenvalue weighted by Gasteiger charge is 2.37. The molecule has 6 heteroatoms. The van der Waals surface area contributed by atoms with E-state index in [1.54, 1.807) is 0 Å². The Morgan fingerprint density at radius 2 is 1.79 bits per heavy atom. The van der Waals surface area contributed by atoms with Gasteiger partial charge in [-0.15, -0.1) is 0 Å². The fourth-order valence-electron chi connectivity index (χ4n) is 5.36. The lowest BCUT2D eigenvalue weighted by Crippen LogP contribution is -2.57. The van der Waals surface area contributed by atoms with Crippen molar-refractivity contribution in [1.29, 1.82) is 0 Å². The predicted molar refractivity (Wildman–Crippen MR) is 113 cm³/mol. The first-order valence-corrected chi connectivity index (χ1v) is 11.2. The summed E-state index contributed by atoms with van der Waals surface area (Å²) >= 11 is 0. The molecule has 5 rings (SSSR count). The number of fused-ring (bicyclic) bond motifs is 1. The summed E-state index contributed by atoms with van der Waals surface area (Å²) < 4.78 is 11.0. The Balaban J connectivity index is 1.27. The third-order valence-electron chi connectivity index (χ3n) is 6.96. The monoisotopic (exact) mass is 396 g/mol. The molecule has 1 aromatic heterocycles. The Hall–Kier alpha value is -2.05. The average molecular weight is 397 g/mol. The second-order valence-corrected chi connectivity index (χ2v) is 8.77. The Bertz CT molecular complexity index is 822. The molecule has 1 aromatic carbocycles. The molecule has 6 nitrogen and oxygen atoms in total. The molecule has 156 valence electrons. The lowest BCUT2D eigenvalue weighted by Gasteiger charge is -2.48. The summed E-state index contributed by atoms with van der Waals surface area (Å²) in [5.74, 6) is 1.62. The molecule has 2 fully saturated rings. The first kappa shape index (κ1) is 18.9. The van der Waals surface area contributed by atoms with Gasteiger partial charge in [-0.25, -0.2) is 0 Å². The smallest absolute Gasteiger partial charge is 0.231 e. The van der Waals surface area contributed by atoms with E-state index in [4.69, 9.17) is 9.47 Å². The first-order valence-electron chi connectivity index (χ1n) is 11.2. The Morgan fingerprint density at radius 1 is 1.00 bits per heavy atom. The molecule has 0 unspecified atom stereocenters. The largest absolute Gasteiger partial charge is 0.454 e. The number of hydrogen-bond acceptors (Lipinski definition) is 5. The van der Waals surface area contributed by atoms with Crippen LogP contribution in [0.15, 0.2) is 24.4 Å². The lowest BCUT2D eigenvalue weighted by atomic mass is 9.79. The zero-order chi connectivity index (χ0) is 19.5. The highest BCUT2D eigenvalue weighted by atomic mass is 16.7. The maximum Gasteiger partial charge on any atom is 0.231 e. The number of ether oxygens (including phenoxy) is 2. The number of benzene rings is 1. The lowest BCUT2D eigenvalue weighted by molar-refractivity contribution is 0.0333. The summed E-state index contributed by atoms with van der Waals surface area (Å²) in [7, 11) is 0. The van der Waals surface area contributed by atoms with Crippen molar-refractivity contribution < 1.29 is 9.47 Å². The van der Waals surface area contributed by atoms with E-state index in [0.29, 0.717) is 12.3 Å². The summed E-state index contributed by atoms with van der Waals surface area (Å²) in [6.07, 6.45) is 12.9. The van der Waals surface area contributed by atoms with Crippen molar-refractivity contribution in [2.45, 2.75) is 63.5 Å². The molecule has 1 saturated heterocycles. The maximum atomic E-state index is 5.54. The molecule has 3 heterocycles. The number of likely N-dealkylation sites (tertiary alicyclic amines) is 1. The normalized spacial score (nSPS) is 21.4. The molecule has 2 aliphatic heterocycles. The van der Waals surface area contributed by atoms with E-state index in [0.717, 1.165) is 35.8 Å². The van der Waals surface area contributed by atoms with Crippen molar-refractivity contribution in [3.63, 3.8) is 0 Å². The highest BCUT2D eigenvalue weighted by molar-refractivity contribution is 5.66. The van der Waals surface area contributed by atoms with Crippen LogP contribution in [-0.2, 0) is 6.54 Å². The van der Waals surface area contributed by atoms with Crippen molar-refractivity contribution in [1.82, 2.24) is 20.4 Å². The number of hydrogen-bond donors (Lipinski definition) is 2. The van der Waals surface area contributed by atoms with E-state index >= 15 is 0 Å². The SMILES string of the molecule is c1cc2c(cc1-c1[nH]ncc1CNCC1(N3CCCCC3)CCCCC1)OCO2. The fourth-order valence-corrected chi connectivity index (χ4v) is 5.36. The maximum absolute atomic E-state index is 5.54. The van der Waals surface area contributed by atoms with Crippen LogP contribution in [0.1, 0.15) is 56.9 Å². The minimum atomic E-state index is 0.300. The first-order chi connectivity index (χ1) is 14.3. The van der Waals surface area contributed by atoms with Gasteiger partial charge in [0.15, 0.2) is 11.5 Å². The molecule has 3 aliphatic rings. The highest BCUT2D eigenvalue weighted by Crippen LogP contribution is 2.37. The zero-order valence-corrected chi connectivity index (χ0v) is 17.2. The van der Waals surface area contributed by atoms with Gasteiger partial charge in [-0.3, -0.25) is 10.00 Å². The molecule has 29 heavy (non-hydrogen) atoms. The summed E-state index contributed by atoms with van der Waals surface area (Å²) in [5.41, 5.74) is 3.70. The zero-order valence-electron chi connectivity index (χ0n) is 17.2. The number of nitrogens with zero attached hydrogens (tertiary/aromatic N) is 2. The molecule has 0 radical (unpaired) electrons. The molecule has 2 aromatic rings. The number of aromatic nitrogens is 2. The van der Waals surface area contributed by atoms with Gasteiger partial charge in [0.1, 0.15) is 0 Å². The van der Waals surface area contributed by atoms with Gasteiger partial charge in [-0.05, 0) is 57.0 Å². The minimum absolute atomic E-state index is 0.300. The van der Waals surface area contributed by atoms with Crippen LogP contribution in [0.4, 0.5) is 0 Å². The molecule has 1 saturated carbocycles. The molecule has 0 spiro atoms. The van der Waals surface area contributed by atoms with Crippen molar-refractivity contribution >= 4 is 0 Å². The van der Waals surface area contributed by atoms with Gasteiger partial charge in [-0.1, -0.05) is 25.7 Å². The average Bonchev–Trinajstić information content (AvgIpc) is 3.44. The minimum Gasteiger partial charge on any atom is -0.454 e. The molecule has 0 atom stereocenters. The van der Waals surface area contributed by atoms with Crippen LogP contribution in [0.25, 0.3) is 11.3 Å². The molecule has 2 N–H and O–H groups in total. The van der Waals surface area contributed by atoms with Crippen LogP contribution >= 0.6 is 0 Å². The van der Waals surface area contributed by atoms with Crippen molar-refractivity contribution in [2.24, 2.45) is 0 Å². The summed E-state index contributed by atoms with van der Waals surface area (Å²) in [6.45, 7) is 4.75. The van der Waals surface area contributed by atoms with E-state index in [1.165, 1.54) is 70.0 Å². The van der Waals surface area contributed by atoms with Crippen molar-refractivity contribution in [3.8, 4) is 22.8 Å². The van der Waals surface area contributed by atoms with E-state index in [9.17, 15) is 0 Å². The Kier molecular flexibility index (Phi) is 5.46. The second-order valence-electron chi connectivity index (χ2n) is 8.77. The summed E-state index contributed by atoms with van der Waals surface area (Å²) in [6, 6.07) is 6.08. The van der Waals surface area contributed by atoms with Crippen LogP contribution in [0.5, 0.6) is 11.5 Å². The summed E-state index contributed by atoms with van der Waals surface area (Å²) in [5, 5.41) is 11.3. The van der Waals surface area contributed by atoms with Crippen LogP contribution in [0.2, 0.25) is 0 Å². The third-order valence-corrected chi connectivity index (χ3v) is 6.96. The van der Waals surface area contributed by atoms with Crippen molar-refractivity contribution in [3.05, 3.63) is 30.0 Å². The number of piperidine rings is 1. The van der Waals surface area contributed by atoms with Crippen molar-refractivity contribution in [2.75, 3.05) is 26.4 Å². The van der Waals surface area contributed by atoms with Gasteiger partial charge in [0.05, 0.1) is 11.9 Å². The molecule has 1 aliphatic carbocycles. The Morgan fingerprint density at radius 3 is 2.66 bits per heavy atom. The number of aromatic amines is 1. The standard InChI is InChI=1S/C23H32N4O2/c1-3-9-23(10-4-1,27-11-5-2-6-12-27)16-24-14-19-15-25-26-22(19)18-7-8-20-21(13-18)29-17-28-20/h7-8,13,15,24H,1-6,9-12,14,16-17H2,(H,25,26). The van der Waals surface area contributed by atoms with Crippen LogP contribution in [-0.4, -0.2) is 47.1 Å². The number of H-pyrrole nitrogens is 1. The molecular formula is C23H32N4O2. The second kappa shape index (κ2) is 8.36. The quantitative estimate of drug-likeness (QED) is 0.770. The third kappa shape index (κ3) is 3.88. The van der Waals surface area contributed by atoms with Crippen LogP contribution in [0.3, 0.4) is 0 Å². The van der Waals surface area contributed by atoms with Gasteiger partial charge in [0.2, 0.25) is 6.79 Å². The molecule has 0 bridgehead atoms. The predicted octanol–water partition coefficient (Wildman–Crippen LogP) is 4.08. The van der Waals surface area contributed by atoms with Gasteiger partial charge in [0.25, 0.3) is 0 Å². The fraction of sp³-hybridized carbons (Fsp3) is 0.609. The molecule has 0 amide bonds. The van der Waals surface area contributed by atoms with E-state index in [2.05, 4.69) is 26.5 Å². The number of nitrogens with one attached hydrogen (secondary N) is 2. The molecular weight excluding hydrogens is 364 g/mol. The number of rotatable bonds is 6. The van der Waals surface area contributed by atoms with Gasteiger partial charge in [-0.2, -0.15) is 5.10 Å². The van der Waals surface area contributed by atoms with Gasteiger partial charge < -0.3 is 14.8 Å². The Labute approximate surface area is 173 Å². The van der Waals surface area contributed by atoms with Gasteiger partial charge in [0, 0.05) is 29.8 Å². The van der Waals surface area contributed by atoms with Gasteiger partial charge >= 0.3 is 0 Å².